The lowest BCUT2D eigenvalue weighted by Crippen LogP contribution is -2.51. The van der Waals surface area contributed by atoms with Crippen molar-refractivity contribution in [2.75, 3.05) is 26.2 Å². The van der Waals surface area contributed by atoms with E-state index in [4.69, 9.17) is 0 Å². The Balaban J connectivity index is 1.41. The van der Waals surface area contributed by atoms with Crippen LogP contribution in [0.5, 0.6) is 0 Å². The highest BCUT2D eigenvalue weighted by atomic mass is 19.1. The highest BCUT2D eigenvalue weighted by Gasteiger charge is 2.28. The molecule has 2 aromatic rings. The minimum Gasteiger partial charge on any atom is -0.298 e. The van der Waals surface area contributed by atoms with Gasteiger partial charge >= 0.3 is 0 Å². The number of piperazine rings is 1. The first-order valence-electron chi connectivity index (χ1n) is 8.54. The number of nitrogens with zero attached hydrogens (tertiary/aromatic N) is 3. The van der Waals surface area contributed by atoms with Crippen molar-refractivity contribution in [1.82, 2.24) is 20.0 Å². The summed E-state index contributed by atoms with van der Waals surface area (Å²) in [6, 6.07) is 7.54. The van der Waals surface area contributed by atoms with Crippen LogP contribution in [0.15, 0.2) is 30.5 Å². The number of benzene rings is 1. The third-order valence-corrected chi connectivity index (χ3v) is 5.22. The number of rotatable bonds is 4. The fourth-order valence-electron chi connectivity index (χ4n) is 3.60. The molecule has 0 amide bonds. The molecule has 0 bridgehead atoms. The molecular weight excluding hydrogens is 291 g/mol. The van der Waals surface area contributed by atoms with E-state index in [1.54, 1.807) is 12.1 Å². The number of aromatic nitrogens is 2. The van der Waals surface area contributed by atoms with Gasteiger partial charge in [-0.15, -0.1) is 0 Å². The summed E-state index contributed by atoms with van der Waals surface area (Å²) in [4.78, 5) is 5.12. The third kappa shape index (κ3) is 3.16. The SMILES string of the molecule is Fc1cccc(-c2[nH]ncc2CN2CCN(C3CCC3)CC2)c1. The molecule has 4 rings (SSSR count). The molecule has 2 heterocycles. The summed E-state index contributed by atoms with van der Waals surface area (Å²) < 4.78 is 13.5. The van der Waals surface area contributed by atoms with E-state index >= 15 is 0 Å². The standard InChI is InChI=1S/C18H23FN4/c19-16-4-1-3-14(11-16)18-15(12-20-21-18)13-22-7-9-23(10-8-22)17-5-2-6-17/h1,3-4,11-12,17H,2,5-10,13H2,(H,20,21). The quantitative estimate of drug-likeness (QED) is 0.942. The summed E-state index contributed by atoms with van der Waals surface area (Å²) in [6.07, 6.45) is 6.03. The molecular formula is C18H23FN4. The van der Waals surface area contributed by atoms with Crippen molar-refractivity contribution >= 4 is 0 Å². The molecule has 0 atom stereocenters. The zero-order valence-corrected chi connectivity index (χ0v) is 13.3. The molecule has 0 unspecified atom stereocenters. The molecule has 1 aromatic heterocycles. The number of hydrogen-bond donors (Lipinski definition) is 1. The lowest BCUT2D eigenvalue weighted by atomic mass is 9.91. The zero-order chi connectivity index (χ0) is 15.6. The van der Waals surface area contributed by atoms with Crippen LogP contribution in [0.4, 0.5) is 4.39 Å². The van der Waals surface area contributed by atoms with Gasteiger partial charge in [0.25, 0.3) is 0 Å². The van der Waals surface area contributed by atoms with E-state index in [1.807, 2.05) is 12.3 Å². The Morgan fingerprint density at radius 3 is 2.70 bits per heavy atom. The van der Waals surface area contributed by atoms with Gasteiger partial charge < -0.3 is 0 Å². The normalized spacial score (nSPS) is 20.6. The van der Waals surface area contributed by atoms with E-state index in [2.05, 4.69) is 20.0 Å². The van der Waals surface area contributed by atoms with Crippen molar-refractivity contribution in [3.05, 3.63) is 41.8 Å². The Bertz CT molecular complexity index is 657. The topological polar surface area (TPSA) is 35.2 Å². The number of halogens is 1. The minimum atomic E-state index is -0.211. The summed E-state index contributed by atoms with van der Waals surface area (Å²) in [5.74, 6) is -0.211. The van der Waals surface area contributed by atoms with Crippen molar-refractivity contribution in [3.63, 3.8) is 0 Å². The Hall–Kier alpha value is -1.72. The summed E-state index contributed by atoms with van der Waals surface area (Å²) in [5.41, 5.74) is 2.95. The van der Waals surface area contributed by atoms with Crippen LogP contribution in [0.1, 0.15) is 24.8 Å². The van der Waals surface area contributed by atoms with Gasteiger partial charge in [-0.1, -0.05) is 18.6 Å². The second kappa shape index (κ2) is 6.42. The molecule has 1 saturated heterocycles. The Kier molecular flexibility index (Phi) is 4.14. The fourth-order valence-corrected chi connectivity index (χ4v) is 3.60. The molecule has 4 nitrogen and oxygen atoms in total. The second-order valence-corrected chi connectivity index (χ2v) is 6.68. The van der Waals surface area contributed by atoms with Crippen LogP contribution < -0.4 is 0 Å². The van der Waals surface area contributed by atoms with E-state index in [-0.39, 0.29) is 5.82 Å². The largest absolute Gasteiger partial charge is 0.298 e. The van der Waals surface area contributed by atoms with E-state index in [9.17, 15) is 4.39 Å². The smallest absolute Gasteiger partial charge is 0.123 e. The lowest BCUT2D eigenvalue weighted by molar-refractivity contribution is 0.0588. The first kappa shape index (κ1) is 14.8. The van der Waals surface area contributed by atoms with E-state index in [0.29, 0.717) is 0 Å². The predicted molar refractivity (Wildman–Crippen MR) is 88.5 cm³/mol. The maximum absolute atomic E-state index is 13.5. The van der Waals surface area contributed by atoms with Crippen molar-refractivity contribution in [2.45, 2.75) is 31.8 Å². The van der Waals surface area contributed by atoms with Crippen molar-refractivity contribution in [1.29, 1.82) is 0 Å². The van der Waals surface area contributed by atoms with Crippen LogP contribution in [0.3, 0.4) is 0 Å². The second-order valence-electron chi connectivity index (χ2n) is 6.68. The molecule has 2 aliphatic rings. The van der Waals surface area contributed by atoms with Gasteiger partial charge in [-0.05, 0) is 25.0 Å². The molecule has 23 heavy (non-hydrogen) atoms. The average molecular weight is 314 g/mol. The van der Waals surface area contributed by atoms with E-state index < -0.39 is 0 Å². The highest BCUT2D eigenvalue weighted by molar-refractivity contribution is 5.62. The molecule has 1 aromatic carbocycles. The van der Waals surface area contributed by atoms with Crippen LogP contribution in [0, 0.1) is 5.82 Å². The summed E-state index contributed by atoms with van der Waals surface area (Å²) in [6.45, 7) is 5.41. The Labute approximate surface area is 136 Å². The summed E-state index contributed by atoms with van der Waals surface area (Å²) >= 11 is 0. The summed E-state index contributed by atoms with van der Waals surface area (Å²) in [5, 5.41) is 7.21. The van der Waals surface area contributed by atoms with Gasteiger partial charge in [0.1, 0.15) is 5.82 Å². The van der Waals surface area contributed by atoms with Crippen molar-refractivity contribution in [3.8, 4) is 11.3 Å². The molecule has 0 radical (unpaired) electrons. The van der Waals surface area contributed by atoms with Gasteiger partial charge in [0.05, 0.1) is 11.9 Å². The molecule has 0 spiro atoms. The Morgan fingerprint density at radius 1 is 1.17 bits per heavy atom. The van der Waals surface area contributed by atoms with E-state index in [1.165, 1.54) is 25.3 Å². The molecule has 122 valence electrons. The predicted octanol–water partition coefficient (Wildman–Crippen LogP) is 2.89. The Morgan fingerprint density at radius 2 is 2.00 bits per heavy atom. The van der Waals surface area contributed by atoms with Crippen LogP contribution >= 0.6 is 0 Å². The molecule has 1 aliphatic carbocycles. The first-order valence-corrected chi connectivity index (χ1v) is 8.54. The third-order valence-electron chi connectivity index (χ3n) is 5.22. The highest BCUT2D eigenvalue weighted by Crippen LogP contribution is 2.27. The first-order chi connectivity index (χ1) is 11.3. The van der Waals surface area contributed by atoms with Crippen LogP contribution in [0.2, 0.25) is 0 Å². The lowest BCUT2D eigenvalue weighted by Gasteiger charge is -2.43. The fraction of sp³-hybridized carbons (Fsp3) is 0.500. The van der Waals surface area contributed by atoms with Gasteiger partial charge in [0.15, 0.2) is 0 Å². The number of hydrogen-bond acceptors (Lipinski definition) is 3. The van der Waals surface area contributed by atoms with E-state index in [0.717, 1.165) is 55.6 Å². The van der Waals surface area contributed by atoms with Crippen LogP contribution in [0.25, 0.3) is 11.3 Å². The minimum absolute atomic E-state index is 0.211. The monoisotopic (exact) mass is 314 g/mol. The number of nitrogens with one attached hydrogen (secondary N) is 1. The summed E-state index contributed by atoms with van der Waals surface area (Å²) in [7, 11) is 0. The van der Waals surface area contributed by atoms with Crippen molar-refractivity contribution < 1.29 is 4.39 Å². The molecule has 1 saturated carbocycles. The molecule has 5 heteroatoms. The maximum atomic E-state index is 13.5. The van der Waals surface area contributed by atoms with Gasteiger partial charge in [-0.2, -0.15) is 5.10 Å². The maximum Gasteiger partial charge on any atom is 0.123 e. The molecule has 1 aliphatic heterocycles. The molecule has 2 fully saturated rings. The van der Waals surface area contributed by atoms with Gasteiger partial charge in [-0.3, -0.25) is 14.9 Å². The van der Waals surface area contributed by atoms with Gasteiger partial charge in [0.2, 0.25) is 0 Å². The zero-order valence-electron chi connectivity index (χ0n) is 13.3. The van der Waals surface area contributed by atoms with Crippen LogP contribution in [-0.4, -0.2) is 52.2 Å². The number of aromatic amines is 1. The van der Waals surface area contributed by atoms with Crippen molar-refractivity contribution in [2.24, 2.45) is 0 Å². The molecule has 1 N–H and O–H groups in total. The number of H-pyrrole nitrogens is 1. The average Bonchev–Trinajstić information content (AvgIpc) is 2.96. The van der Waals surface area contributed by atoms with Gasteiger partial charge in [0, 0.05) is 49.9 Å². The van der Waals surface area contributed by atoms with Crippen LogP contribution in [-0.2, 0) is 6.54 Å². The van der Waals surface area contributed by atoms with Gasteiger partial charge in [-0.25, -0.2) is 4.39 Å².